The van der Waals surface area contributed by atoms with E-state index in [0.29, 0.717) is 18.5 Å². The molecule has 0 spiro atoms. The summed E-state index contributed by atoms with van der Waals surface area (Å²) < 4.78 is 7.89. The van der Waals surface area contributed by atoms with Gasteiger partial charge < -0.3 is 20.6 Å². The first-order valence-corrected chi connectivity index (χ1v) is 11.4. The minimum absolute atomic E-state index is 0.0566. The topological polar surface area (TPSA) is 109 Å². The first-order valence-electron chi connectivity index (χ1n) is 11.4. The third kappa shape index (κ3) is 5.31. The third-order valence-electron chi connectivity index (χ3n) is 5.79. The summed E-state index contributed by atoms with van der Waals surface area (Å²) >= 11 is 0. The van der Waals surface area contributed by atoms with Gasteiger partial charge in [-0.1, -0.05) is 43.3 Å². The van der Waals surface area contributed by atoms with Crippen LogP contribution < -0.4 is 15.4 Å². The monoisotopic (exact) mass is 449 g/mol. The molecule has 9 nitrogen and oxygen atoms in total. The number of aryl methyl sites for hydroxylation is 1. The molecule has 1 fully saturated rings. The predicted molar refractivity (Wildman–Crippen MR) is 129 cm³/mol. The van der Waals surface area contributed by atoms with Crippen molar-refractivity contribution in [2.45, 2.75) is 52.2 Å². The molecule has 0 aliphatic carbocycles. The number of allylic oxidation sites excluding steroid dienone is 1. The average molecular weight is 450 g/mol. The van der Waals surface area contributed by atoms with Gasteiger partial charge in [0.1, 0.15) is 6.10 Å². The normalized spacial score (nSPS) is 16.9. The van der Waals surface area contributed by atoms with Crippen LogP contribution in [0.25, 0.3) is 11.7 Å². The largest absolute Gasteiger partial charge is 0.459 e. The van der Waals surface area contributed by atoms with Gasteiger partial charge in [0.05, 0.1) is 12.4 Å². The zero-order valence-electron chi connectivity index (χ0n) is 19.3. The lowest BCUT2D eigenvalue weighted by atomic mass is 10.0. The molecule has 1 aromatic carbocycles. The Morgan fingerprint density at radius 2 is 2.24 bits per heavy atom. The fourth-order valence-electron chi connectivity index (χ4n) is 4.01. The number of nitrogens with one attached hydrogen (secondary N) is 2. The van der Waals surface area contributed by atoms with Gasteiger partial charge in [-0.15, -0.1) is 0 Å². The van der Waals surface area contributed by atoms with E-state index in [2.05, 4.69) is 58.8 Å². The molecule has 0 saturated carbocycles. The van der Waals surface area contributed by atoms with Crippen molar-refractivity contribution in [3.05, 3.63) is 52.7 Å². The molecule has 174 valence electrons. The molecule has 2 aromatic heterocycles. The minimum atomic E-state index is 0.0566. The molecule has 0 radical (unpaired) electrons. The fraction of sp³-hybridized carbons (Fsp3) is 0.417. The quantitative estimate of drug-likeness (QED) is 0.273. The standard InChI is InChI=1S/C24H31N7O2/c1-16(2)21-15-27-31-22(21)29-24(33-19-9-5-11-25-14-19)30-23(31)26-13-18-8-4-7-17(3)20(18)10-6-12-28-32/h4,6-8,10,12,15-16,19,25,32H,5,9,11,13-14H2,1-3H3,(H,26,29,30)/b10-6-,28-12+/t19-/m1/s1. The van der Waals surface area contributed by atoms with Gasteiger partial charge >= 0.3 is 6.01 Å². The number of oxime groups is 1. The van der Waals surface area contributed by atoms with Crippen molar-refractivity contribution in [3.8, 4) is 6.01 Å². The lowest BCUT2D eigenvalue weighted by Crippen LogP contribution is -2.37. The molecular weight excluding hydrogens is 418 g/mol. The number of hydrogen-bond acceptors (Lipinski definition) is 8. The minimum Gasteiger partial charge on any atom is -0.459 e. The highest BCUT2D eigenvalue weighted by Crippen LogP contribution is 2.24. The number of nitrogens with zero attached hydrogens (tertiary/aromatic N) is 5. The van der Waals surface area contributed by atoms with Gasteiger partial charge in [-0.3, -0.25) is 0 Å². The summed E-state index contributed by atoms with van der Waals surface area (Å²) in [6.07, 6.45) is 8.95. The number of piperidine rings is 1. The van der Waals surface area contributed by atoms with Gasteiger partial charge in [-0.2, -0.15) is 19.6 Å². The molecule has 1 saturated heterocycles. The Bertz CT molecular complexity index is 1150. The van der Waals surface area contributed by atoms with E-state index in [-0.39, 0.29) is 12.0 Å². The molecule has 33 heavy (non-hydrogen) atoms. The second kappa shape index (κ2) is 10.4. The fourth-order valence-corrected chi connectivity index (χ4v) is 4.01. The molecule has 0 unspecified atom stereocenters. The molecule has 3 aromatic rings. The molecule has 1 aliphatic rings. The Labute approximate surface area is 193 Å². The van der Waals surface area contributed by atoms with E-state index < -0.39 is 0 Å². The van der Waals surface area contributed by atoms with Crippen LogP contribution >= 0.6 is 0 Å². The molecule has 3 N–H and O–H groups in total. The molecule has 9 heteroatoms. The first kappa shape index (κ1) is 22.7. The van der Waals surface area contributed by atoms with Crippen LogP contribution in [0.5, 0.6) is 6.01 Å². The molecule has 3 heterocycles. The highest BCUT2D eigenvalue weighted by Gasteiger charge is 2.20. The van der Waals surface area contributed by atoms with E-state index in [4.69, 9.17) is 14.9 Å². The summed E-state index contributed by atoms with van der Waals surface area (Å²) in [7, 11) is 0. The van der Waals surface area contributed by atoms with E-state index in [1.165, 1.54) is 6.21 Å². The number of benzene rings is 1. The van der Waals surface area contributed by atoms with Crippen molar-refractivity contribution < 1.29 is 9.94 Å². The van der Waals surface area contributed by atoms with Crippen molar-refractivity contribution >= 4 is 23.9 Å². The lowest BCUT2D eigenvalue weighted by Gasteiger charge is -2.23. The molecule has 0 bridgehead atoms. The van der Waals surface area contributed by atoms with Crippen LogP contribution in [0.2, 0.25) is 0 Å². The van der Waals surface area contributed by atoms with E-state index in [9.17, 15) is 0 Å². The van der Waals surface area contributed by atoms with Crippen molar-refractivity contribution in [2.75, 3.05) is 18.4 Å². The first-order chi connectivity index (χ1) is 16.1. The third-order valence-corrected chi connectivity index (χ3v) is 5.79. The molecule has 1 aliphatic heterocycles. The number of ether oxygens (including phenoxy) is 1. The zero-order valence-corrected chi connectivity index (χ0v) is 19.3. The maximum absolute atomic E-state index is 8.69. The number of anilines is 1. The zero-order chi connectivity index (χ0) is 23.2. The van der Waals surface area contributed by atoms with Crippen LogP contribution in [-0.2, 0) is 6.54 Å². The number of fused-ring (bicyclic) bond motifs is 1. The Balaban J connectivity index is 1.65. The second-order valence-electron chi connectivity index (χ2n) is 8.53. The van der Waals surface area contributed by atoms with E-state index in [1.807, 2.05) is 18.3 Å². The van der Waals surface area contributed by atoms with E-state index >= 15 is 0 Å². The van der Waals surface area contributed by atoms with Crippen molar-refractivity contribution in [3.63, 3.8) is 0 Å². The van der Waals surface area contributed by atoms with Gasteiger partial charge in [-0.05, 0) is 55.0 Å². The van der Waals surface area contributed by atoms with Gasteiger partial charge in [0.15, 0.2) is 5.65 Å². The highest BCUT2D eigenvalue weighted by atomic mass is 16.5. The van der Waals surface area contributed by atoms with Crippen LogP contribution in [0.3, 0.4) is 0 Å². The average Bonchev–Trinajstić information content (AvgIpc) is 3.24. The van der Waals surface area contributed by atoms with Crippen LogP contribution in [0.15, 0.2) is 35.6 Å². The SMILES string of the molecule is Cc1cccc(CNc2nc(O[C@@H]3CCCNC3)nc3c(C(C)C)cnn23)c1/C=C\C=N\O. The smallest absolute Gasteiger partial charge is 0.322 e. The molecule has 4 rings (SSSR count). The summed E-state index contributed by atoms with van der Waals surface area (Å²) in [5.41, 5.74) is 5.07. The number of rotatable bonds is 8. The van der Waals surface area contributed by atoms with E-state index in [0.717, 1.165) is 53.8 Å². The summed E-state index contributed by atoms with van der Waals surface area (Å²) in [6, 6.07) is 6.50. The second-order valence-corrected chi connectivity index (χ2v) is 8.53. The van der Waals surface area contributed by atoms with Gasteiger partial charge in [-0.25, -0.2) is 0 Å². The van der Waals surface area contributed by atoms with Crippen LogP contribution in [0.4, 0.5) is 5.95 Å². The van der Waals surface area contributed by atoms with Crippen molar-refractivity contribution in [2.24, 2.45) is 5.16 Å². The van der Waals surface area contributed by atoms with Gasteiger partial charge in [0, 0.05) is 18.7 Å². The maximum Gasteiger partial charge on any atom is 0.322 e. The van der Waals surface area contributed by atoms with Crippen molar-refractivity contribution in [1.29, 1.82) is 0 Å². The van der Waals surface area contributed by atoms with Gasteiger partial charge in [0.2, 0.25) is 5.95 Å². The molecule has 1 atom stereocenters. The van der Waals surface area contributed by atoms with E-state index in [1.54, 1.807) is 10.6 Å². The summed E-state index contributed by atoms with van der Waals surface area (Å²) in [5.74, 6) is 0.857. The maximum atomic E-state index is 8.69. The Kier molecular flexibility index (Phi) is 7.19. The number of hydrogen-bond donors (Lipinski definition) is 3. The summed E-state index contributed by atoms with van der Waals surface area (Å²) in [5, 5.41) is 23.1. The lowest BCUT2D eigenvalue weighted by molar-refractivity contribution is 0.153. The van der Waals surface area contributed by atoms with Gasteiger partial charge in [0.25, 0.3) is 0 Å². The van der Waals surface area contributed by atoms with Crippen LogP contribution in [0.1, 0.15) is 54.9 Å². The van der Waals surface area contributed by atoms with Crippen LogP contribution in [-0.4, -0.2) is 50.2 Å². The Hall–Kier alpha value is -3.46. The highest BCUT2D eigenvalue weighted by molar-refractivity contribution is 5.79. The molecular formula is C24H31N7O2. The van der Waals surface area contributed by atoms with Crippen molar-refractivity contribution in [1.82, 2.24) is 24.9 Å². The van der Waals surface area contributed by atoms with Crippen LogP contribution in [0, 0.1) is 6.92 Å². The summed E-state index contributed by atoms with van der Waals surface area (Å²) in [6.45, 7) is 8.64. The Morgan fingerprint density at radius 1 is 1.36 bits per heavy atom. The molecule has 0 amide bonds. The predicted octanol–water partition coefficient (Wildman–Crippen LogP) is 3.77. The Morgan fingerprint density at radius 3 is 3.00 bits per heavy atom. The number of aromatic nitrogens is 4. The summed E-state index contributed by atoms with van der Waals surface area (Å²) in [4.78, 5) is 9.36.